The van der Waals surface area contributed by atoms with Crippen molar-refractivity contribution < 1.29 is 9.52 Å². The van der Waals surface area contributed by atoms with Crippen molar-refractivity contribution in [2.24, 2.45) is 0 Å². The highest BCUT2D eigenvalue weighted by Gasteiger charge is 2.26. The molecule has 3 aromatic rings. The van der Waals surface area contributed by atoms with E-state index in [0.29, 0.717) is 9.75 Å². The minimum atomic E-state index is -0.395. The summed E-state index contributed by atoms with van der Waals surface area (Å²) >= 11 is 18.5. The van der Waals surface area contributed by atoms with Gasteiger partial charge in [-0.25, -0.2) is 0 Å². The molecule has 0 amide bonds. The Kier molecular flexibility index (Phi) is 4.86. The zero-order valence-corrected chi connectivity index (χ0v) is 14.9. The number of nitrogens with two attached hydrogens (primary N) is 1. The number of pyridine rings is 1. The van der Waals surface area contributed by atoms with Gasteiger partial charge in [0.25, 0.3) is 5.69 Å². The fourth-order valence-electron chi connectivity index (χ4n) is 2.51. The Morgan fingerprint density at radius 2 is 1.48 bits per heavy atom. The topological polar surface area (TPSA) is 70.0 Å². The highest BCUT2D eigenvalue weighted by atomic mass is 35.5. The molecule has 0 fully saturated rings. The second-order valence-electron chi connectivity index (χ2n) is 5.22. The van der Waals surface area contributed by atoms with Crippen LogP contribution in [0.1, 0.15) is 15.9 Å². The molecule has 0 aliphatic heterocycles. The number of halogens is 3. The number of hydrogen-bond acceptors (Lipinski definition) is 3. The summed E-state index contributed by atoms with van der Waals surface area (Å²) in [5, 5.41) is 13.1. The van der Waals surface area contributed by atoms with Crippen molar-refractivity contribution in [3.05, 3.63) is 86.1 Å². The number of ketones is 1. The number of carbonyl (C=O) groups excluding carboxylic acids is 1. The van der Waals surface area contributed by atoms with E-state index in [1.807, 2.05) is 0 Å². The van der Waals surface area contributed by atoms with Gasteiger partial charge in [-0.15, -0.1) is 0 Å². The van der Waals surface area contributed by atoms with Crippen LogP contribution in [0.5, 0.6) is 0 Å². The summed E-state index contributed by atoms with van der Waals surface area (Å²) in [7, 11) is 0. The van der Waals surface area contributed by atoms with E-state index in [-0.39, 0.29) is 38.1 Å². The van der Waals surface area contributed by atoms with Gasteiger partial charge in [0.2, 0.25) is 0 Å². The Bertz CT molecular complexity index is 970. The van der Waals surface area contributed by atoms with Crippen LogP contribution in [0.15, 0.2) is 54.7 Å². The molecule has 2 N–H and O–H groups in total. The van der Waals surface area contributed by atoms with E-state index in [1.165, 1.54) is 12.3 Å². The van der Waals surface area contributed by atoms with Crippen molar-refractivity contribution in [3.8, 4) is 11.3 Å². The van der Waals surface area contributed by atoms with Crippen molar-refractivity contribution in [3.63, 3.8) is 0 Å². The Labute approximate surface area is 158 Å². The van der Waals surface area contributed by atoms with Crippen LogP contribution in [-0.2, 0) is 0 Å². The monoisotopic (exact) mass is 392 g/mol. The number of nitrogens with zero attached hydrogens (tertiary/aromatic N) is 1. The van der Waals surface area contributed by atoms with E-state index in [9.17, 15) is 10.0 Å². The van der Waals surface area contributed by atoms with E-state index in [4.69, 9.17) is 40.5 Å². The number of carbonyl (C=O) groups is 1. The van der Waals surface area contributed by atoms with Crippen molar-refractivity contribution in [1.29, 1.82) is 0 Å². The predicted molar refractivity (Wildman–Crippen MR) is 100 cm³/mol. The molecular weight excluding hydrogens is 383 g/mol. The summed E-state index contributed by atoms with van der Waals surface area (Å²) in [5.74, 6) is -0.395. The number of aromatic nitrogens is 1. The number of anilines is 1. The largest absolute Gasteiger partial charge is 0.618 e. The minimum Gasteiger partial charge on any atom is -0.618 e. The first kappa shape index (κ1) is 17.5. The lowest BCUT2D eigenvalue weighted by molar-refractivity contribution is -0.593. The average molecular weight is 394 g/mol. The fraction of sp³-hybridized carbons (Fsp3) is 0. The number of hydrogen-bond donors (Lipinski definition) is 1. The van der Waals surface area contributed by atoms with Gasteiger partial charge in [0.15, 0.2) is 12.0 Å². The van der Waals surface area contributed by atoms with Gasteiger partial charge in [-0.05, 0) is 24.3 Å². The lowest BCUT2D eigenvalue weighted by Crippen LogP contribution is -2.31. The molecule has 1 aromatic heterocycles. The molecule has 126 valence electrons. The Balaban J connectivity index is 2.23. The van der Waals surface area contributed by atoms with Gasteiger partial charge in [0.05, 0.1) is 26.2 Å². The molecule has 7 heteroatoms. The van der Waals surface area contributed by atoms with Gasteiger partial charge in [-0.3, -0.25) is 4.79 Å². The lowest BCUT2D eigenvalue weighted by atomic mass is 9.99. The SMILES string of the molecule is Nc1c(C(=O)c2ccccc2Cl)cc[n+]([O-])c1-c1c(Cl)cccc1Cl. The number of benzene rings is 2. The standard InChI is InChI=1S/C18H11Cl3N2O2/c19-12-5-2-1-4-10(12)18(24)11-8-9-23(25)17(16(11)22)15-13(20)6-3-7-14(15)21/h1-9H,22H2. The van der Waals surface area contributed by atoms with E-state index >= 15 is 0 Å². The van der Waals surface area contributed by atoms with Crippen LogP contribution in [0, 0.1) is 5.21 Å². The molecule has 2 aromatic carbocycles. The molecule has 0 unspecified atom stereocenters. The molecule has 0 radical (unpaired) electrons. The molecule has 0 aliphatic rings. The molecule has 4 nitrogen and oxygen atoms in total. The predicted octanol–water partition coefficient (Wildman–Crippen LogP) is 4.76. The van der Waals surface area contributed by atoms with Crippen LogP contribution < -0.4 is 10.5 Å². The summed E-state index contributed by atoms with van der Waals surface area (Å²) in [6.07, 6.45) is 1.19. The first-order valence-corrected chi connectivity index (χ1v) is 8.30. The molecule has 0 atom stereocenters. The average Bonchev–Trinajstić information content (AvgIpc) is 2.57. The van der Waals surface area contributed by atoms with Gasteiger partial charge < -0.3 is 10.9 Å². The first-order valence-electron chi connectivity index (χ1n) is 7.17. The van der Waals surface area contributed by atoms with Crippen molar-refractivity contribution >= 4 is 46.3 Å². The van der Waals surface area contributed by atoms with Crippen LogP contribution in [0.3, 0.4) is 0 Å². The van der Waals surface area contributed by atoms with Crippen LogP contribution in [0.4, 0.5) is 5.69 Å². The zero-order valence-electron chi connectivity index (χ0n) is 12.7. The molecular formula is C18H11Cl3N2O2. The van der Waals surface area contributed by atoms with Crippen LogP contribution in [0.25, 0.3) is 11.3 Å². The van der Waals surface area contributed by atoms with E-state index < -0.39 is 5.78 Å². The molecule has 1 heterocycles. The maximum Gasteiger partial charge on any atom is 0.250 e. The minimum absolute atomic E-state index is 0.0163. The second-order valence-corrected chi connectivity index (χ2v) is 6.44. The van der Waals surface area contributed by atoms with Gasteiger partial charge in [0.1, 0.15) is 5.69 Å². The third kappa shape index (κ3) is 3.16. The molecule has 0 saturated carbocycles. The Morgan fingerprint density at radius 3 is 2.12 bits per heavy atom. The van der Waals surface area contributed by atoms with E-state index in [1.54, 1.807) is 42.5 Å². The Morgan fingerprint density at radius 1 is 0.880 bits per heavy atom. The van der Waals surface area contributed by atoms with Crippen molar-refractivity contribution in [2.75, 3.05) is 5.73 Å². The third-order valence-corrected chi connectivity index (χ3v) is 4.66. The normalized spacial score (nSPS) is 10.7. The summed E-state index contributed by atoms with van der Waals surface area (Å²) in [6.45, 7) is 0. The maximum absolute atomic E-state index is 12.8. The van der Waals surface area contributed by atoms with Gasteiger partial charge >= 0.3 is 0 Å². The van der Waals surface area contributed by atoms with E-state index in [2.05, 4.69) is 0 Å². The summed E-state index contributed by atoms with van der Waals surface area (Å²) in [5.41, 5.74) is 6.85. The zero-order chi connectivity index (χ0) is 18.1. The lowest BCUT2D eigenvalue weighted by Gasteiger charge is -2.13. The van der Waals surface area contributed by atoms with Crippen molar-refractivity contribution in [2.45, 2.75) is 0 Å². The van der Waals surface area contributed by atoms with Gasteiger partial charge in [-0.2, -0.15) is 4.73 Å². The van der Waals surface area contributed by atoms with E-state index in [0.717, 1.165) is 0 Å². The highest BCUT2D eigenvalue weighted by molar-refractivity contribution is 6.39. The fourth-order valence-corrected chi connectivity index (χ4v) is 3.31. The maximum atomic E-state index is 12.8. The molecule has 0 saturated heterocycles. The Hall–Kier alpha value is -2.27. The van der Waals surface area contributed by atoms with Crippen molar-refractivity contribution in [1.82, 2.24) is 0 Å². The molecule has 0 spiro atoms. The summed E-state index contributed by atoms with van der Waals surface area (Å²) in [4.78, 5) is 12.8. The molecule has 25 heavy (non-hydrogen) atoms. The highest BCUT2D eigenvalue weighted by Crippen LogP contribution is 2.37. The second kappa shape index (κ2) is 6.92. The molecule has 0 bridgehead atoms. The third-order valence-electron chi connectivity index (χ3n) is 3.70. The van der Waals surface area contributed by atoms with Crippen LogP contribution >= 0.6 is 34.8 Å². The quantitative estimate of drug-likeness (QED) is 0.396. The summed E-state index contributed by atoms with van der Waals surface area (Å²) in [6, 6.07) is 12.8. The number of rotatable bonds is 3. The number of nitrogen functional groups attached to an aromatic ring is 1. The smallest absolute Gasteiger partial charge is 0.250 e. The first-order chi connectivity index (χ1) is 11.9. The van der Waals surface area contributed by atoms with Crippen LogP contribution in [0.2, 0.25) is 15.1 Å². The van der Waals surface area contributed by atoms with Gasteiger partial charge in [0, 0.05) is 11.6 Å². The summed E-state index contributed by atoms with van der Waals surface area (Å²) < 4.78 is 0.534. The molecule has 0 aliphatic carbocycles. The van der Waals surface area contributed by atoms with Crippen LogP contribution in [-0.4, -0.2) is 5.78 Å². The molecule has 3 rings (SSSR count). The van der Waals surface area contributed by atoms with Gasteiger partial charge in [-0.1, -0.05) is 53.0 Å².